The number of hydrogen-bond donors (Lipinski definition) is 7. The zero-order chi connectivity index (χ0) is 51.4. The van der Waals surface area contributed by atoms with Crippen molar-refractivity contribution in [3.05, 3.63) is 138 Å². The largest absolute Gasteiger partial charge is 0.478 e. The molecule has 0 radical (unpaired) electrons. The van der Waals surface area contributed by atoms with Gasteiger partial charge in [-0.3, -0.25) is 18.7 Å². The number of carboxylic acids is 1. The maximum atomic E-state index is 12.2. The molecule has 4 heterocycles. The topological polar surface area (TPSA) is 334 Å². The molecule has 22 heteroatoms. The molecule has 0 fully saturated rings. The van der Waals surface area contributed by atoms with Crippen molar-refractivity contribution >= 4 is 45.1 Å². The van der Waals surface area contributed by atoms with E-state index < -0.39 is 16.1 Å². The van der Waals surface area contributed by atoms with Crippen LogP contribution in [0, 0.1) is 49.4 Å². The Balaban J connectivity index is 0.000000234. The summed E-state index contributed by atoms with van der Waals surface area (Å²) >= 11 is 0. The van der Waals surface area contributed by atoms with Crippen LogP contribution in [-0.2, 0) is 23.2 Å². The van der Waals surface area contributed by atoms with Crippen LogP contribution in [0.2, 0.25) is 0 Å². The minimum absolute atomic E-state index is 0.0125. The van der Waals surface area contributed by atoms with Gasteiger partial charge in [0, 0.05) is 47.9 Å². The number of aromatic carboxylic acids is 1. The van der Waals surface area contributed by atoms with Crippen molar-refractivity contribution in [1.29, 1.82) is 10.5 Å². The van der Waals surface area contributed by atoms with Crippen molar-refractivity contribution in [2.45, 2.75) is 65.1 Å². The lowest BCUT2D eigenvalue weighted by molar-refractivity contribution is 0.0696. The molecule has 2 atom stereocenters. The Kier molecular flexibility index (Phi) is 20.4. The molecule has 0 saturated carbocycles. The highest BCUT2D eigenvalue weighted by molar-refractivity contribution is 7.85. The Morgan fingerprint density at radius 2 is 1.13 bits per heavy atom. The number of ketones is 1. The van der Waals surface area contributed by atoms with Crippen molar-refractivity contribution in [1.82, 2.24) is 39.5 Å². The third kappa shape index (κ3) is 17.1. The van der Waals surface area contributed by atoms with E-state index in [9.17, 15) is 18.0 Å². The Bertz CT molecular complexity index is 3020. The first-order chi connectivity index (χ1) is 33.3. The van der Waals surface area contributed by atoms with Gasteiger partial charge in [-0.1, -0.05) is 54.1 Å². The van der Waals surface area contributed by atoms with Crippen LogP contribution < -0.4 is 16.4 Å². The molecule has 0 bridgehead atoms. The first-order valence-corrected chi connectivity index (χ1v) is 22.8. The van der Waals surface area contributed by atoms with Gasteiger partial charge in [0.05, 0.1) is 96.0 Å². The predicted octanol–water partition coefficient (Wildman–Crippen LogP) is 6.30. The summed E-state index contributed by atoms with van der Waals surface area (Å²) in [7, 11) is -4.02. The van der Waals surface area contributed by atoms with Gasteiger partial charge in [-0.25, -0.2) is 24.7 Å². The quantitative estimate of drug-likeness (QED) is 0.0438. The molecule has 7 rings (SSSR count). The van der Waals surface area contributed by atoms with E-state index in [1.165, 1.54) is 12.1 Å². The van der Waals surface area contributed by atoms with Crippen LogP contribution in [0.25, 0.3) is 22.5 Å². The SMILES string of the molecule is C[C@H](N)C#N.Cc1ccc(S(=O)(=O)O)cc1.Cc1cnc(Nc2cnn(CCO)c2)nc1-c1ccc(C(=O)C[C@@H](C)C#N)cc1.Cc1cnc(Nc2cnn(CCO)c2)nc1-c1ccc(C(=O)O)cc1. The normalized spacial score (nSPS) is 11.4. The molecule has 4 aromatic heterocycles. The van der Waals surface area contributed by atoms with E-state index in [0.29, 0.717) is 36.2 Å². The summed E-state index contributed by atoms with van der Waals surface area (Å²) in [6, 6.07) is 23.3. The fraction of sp³-hybridized carbons (Fsp3) is 0.250. The lowest BCUT2D eigenvalue weighted by atomic mass is 9.99. The van der Waals surface area contributed by atoms with E-state index in [2.05, 4.69) is 46.8 Å². The number of carbonyl (C=O) groups is 2. The van der Waals surface area contributed by atoms with Crippen molar-refractivity contribution in [2.75, 3.05) is 23.8 Å². The minimum atomic E-state index is -4.02. The molecular weight excluding hydrogens is 919 g/mol. The highest BCUT2D eigenvalue weighted by Crippen LogP contribution is 2.26. The second kappa shape index (κ2) is 26.3. The smallest absolute Gasteiger partial charge is 0.335 e. The first kappa shape index (κ1) is 54.4. The van der Waals surface area contributed by atoms with Gasteiger partial charge < -0.3 is 31.7 Å². The number of nitrogens with zero attached hydrogens (tertiary/aromatic N) is 10. The van der Waals surface area contributed by atoms with Crippen LogP contribution in [0.15, 0.2) is 115 Å². The molecule has 21 nitrogen and oxygen atoms in total. The van der Waals surface area contributed by atoms with E-state index in [1.807, 2.05) is 32.9 Å². The van der Waals surface area contributed by atoms with Crippen LogP contribution >= 0.6 is 0 Å². The number of aromatic nitrogens is 8. The standard InChI is InChI=1S/C21H22N6O2.C17H17N5O3.C7H8O3S.C3H6N2/c1-14(10-22)9-19(29)16-3-5-17(6-4-16)20-15(2)11-23-21(26-20)25-18-12-24-27(13-18)7-8-28;1-11-8-18-17(20-14-9-19-22(10-14)6-7-23)21-15(11)12-2-4-13(5-3-12)16(24)25;1-6-2-4-7(5-3-6)11(8,9)10;1-3(5)2-4/h3-6,11-14,28H,7-9H2,1-2H3,(H,23,25,26);2-5,8-10,23H,6-7H2,1H3,(H,24,25)(H,18,20,21);2-5H,1H3,(H,8,9,10);3H,5H2,1H3/t14-;;;3-/m1..0/s1. The third-order valence-corrected chi connectivity index (χ3v) is 10.4. The number of carboxylic acid groups (broad SMARTS) is 1. The van der Waals surface area contributed by atoms with Crippen LogP contribution in [-0.4, -0.2) is 98.8 Å². The molecule has 8 N–H and O–H groups in total. The zero-order valence-electron chi connectivity index (χ0n) is 39.0. The highest BCUT2D eigenvalue weighted by Gasteiger charge is 2.14. The van der Waals surface area contributed by atoms with Crippen LogP contribution in [0.5, 0.6) is 0 Å². The van der Waals surface area contributed by atoms with Gasteiger partial charge in [-0.2, -0.15) is 29.1 Å². The average Bonchev–Trinajstić information content (AvgIpc) is 3.99. The van der Waals surface area contributed by atoms with E-state index in [-0.39, 0.29) is 47.8 Å². The number of hydrogen-bond acceptors (Lipinski definition) is 17. The van der Waals surface area contributed by atoms with Gasteiger partial charge in [0.15, 0.2) is 5.78 Å². The van der Waals surface area contributed by atoms with Crippen LogP contribution in [0.1, 0.15) is 57.7 Å². The van der Waals surface area contributed by atoms with E-state index in [0.717, 1.165) is 44.9 Å². The van der Waals surface area contributed by atoms with Crippen molar-refractivity contribution in [3.63, 3.8) is 0 Å². The van der Waals surface area contributed by atoms with Crippen molar-refractivity contribution in [2.24, 2.45) is 11.7 Å². The van der Waals surface area contributed by atoms with Gasteiger partial charge in [-0.15, -0.1) is 0 Å². The fourth-order valence-electron chi connectivity index (χ4n) is 5.89. The summed E-state index contributed by atoms with van der Waals surface area (Å²) in [4.78, 5) is 40.8. The third-order valence-electron chi connectivity index (χ3n) is 9.50. The van der Waals surface area contributed by atoms with Gasteiger partial charge in [0.25, 0.3) is 10.1 Å². The molecule has 0 amide bonds. The Morgan fingerprint density at radius 3 is 1.50 bits per heavy atom. The van der Waals surface area contributed by atoms with Crippen molar-refractivity contribution < 1.29 is 37.9 Å². The second-order valence-electron chi connectivity index (χ2n) is 15.5. The number of benzene rings is 3. The Labute approximate surface area is 404 Å². The predicted molar refractivity (Wildman–Crippen MR) is 261 cm³/mol. The number of nitriles is 2. The van der Waals surface area contributed by atoms with Gasteiger partial charge in [0.2, 0.25) is 11.9 Å². The van der Waals surface area contributed by atoms with Crippen molar-refractivity contribution in [3.8, 4) is 34.7 Å². The number of carbonyl (C=O) groups excluding carboxylic acids is 1. The van der Waals surface area contributed by atoms with Gasteiger partial charge in [0.1, 0.15) is 0 Å². The average molecular weight is 972 g/mol. The summed E-state index contributed by atoms with van der Waals surface area (Å²) in [6.07, 6.45) is 10.4. The summed E-state index contributed by atoms with van der Waals surface area (Å²) in [6.45, 7) is 9.89. The number of nitrogens with one attached hydrogen (secondary N) is 2. The maximum absolute atomic E-state index is 12.2. The molecule has 70 heavy (non-hydrogen) atoms. The first-order valence-electron chi connectivity index (χ1n) is 21.4. The van der Waals surface area contributed by atoms with E-state index >= 15 is 0 Å². The monoisotopic (exact) mass is 971 g/mol. The number of aliphatic hydroxyl groups is 2. The second-order valence-corrected chi connectivity index (χ2v) is 16.9. The van der Waals surface area contributed by atoms with Crippen LogP contribution in [0.4, 0.5) is 23.3 Å². The van der Waals surface area contributed by atoms with Crippen LogP contribution in [0.3, 0.4) is 0 Å². The summed E-state index contributed by atoms with van der Waals surface area (Å²) in [5.74, 6) is -0.481. The molecule has 364 valence electrons. The molecule has 0 aliphatic rings. The molecule has 0 spiro atoms. The molecule has 7 aromatic rings. The molecule has 3 aromatic carbocycles. The summed E-state index contributed by atoms with van der Waals surface area (Å²) in [5, 5.41) is 58.0. The molecule has 0 aliphatic heterocycles. The number of rotatable bonds is 15. The molecule has 0 aliphatic carbocycles. The van der Waals surface area contributed by atoms with Gasteiger partial charge in [-0.05, 0) is 70.0 Å². The van der Waals surface area contributed by atoms with Gasteiger partial charge >= 0.3 is 5.97 Å². The number of aryl methyl sites for hydroxylation is 3. The summed E-state index contributed by atoms with van der Waals surface area (Å²) < 4.78 is 32.8. The van der Waals surface area contributed by atoms with E-state index in [1.54, 1.807) is 115 Å². The highest BCUT2D eigenvalue weighted by atomic mass is 32.2. The number of aliphatic hydroxyl groups excluding tert-OH is 2. The lowest BCUT2D eigenvalue weighted by Gasteiger charge is -2.09. The Morgan fingerprint density at radius 1 is 0.700 bits per heavy atom. The Hall–Kier alpha value is -8.25. The lowest BCUT2D eigenvalue weighted by Crippen LogP contribution is -2.09. The van der Waals surface area contributed by atoms with E-state index in [4.69, 9.17) is 36.1 Å². The number of Topliss-reactive ketones (excluding diaryl/α,β-unsaturated/α-hetero) is 1. The summed E-state index contributed by atoms with van der Waals surface area (Å²) in [5.41, 5.74) is 13.1. The number of anilines is 4. The fourth-order valence-corrected chi connectivity index (χ4v) is 6.37. The number of nitrogens with two attached hydrogens (primary N) is 1. The zero-order valence-corrected chi connectivity index (χ0v) is 39.8. The maximum Gasteiger partial charge on any atom is 0.335 e. The molecule has 0 unspecified atom stereocenters. The molecule has 0 saturated heterocycles. The molecular formula is C48H53N13O8S. The minimum Gasteiger partial charge on any atom is -0.478 e.